The van der Waals surface area contributed by atoms with Gasteiger partial charge in [0, 0.05) is 12.1 Å². The van der Waals surface area contributed by atoms with Gasteiger partial charge in [0.1, 0.15) is 0 Å². The minimum Gasteiger partial charge on any atom is -0.275 e. The molecule has 2 rings (SSSR count). The molecule has 0 N–H and O–H groups in total. The smallest absolute Gasteiger partial charge is 0.269 e. The molecule has 0 aliphatic carbocycles. The molecule has 2 aromatic rings. The number of nitro benzene ring substituents is 1. The summed E-state index contributed by atoms with van der Waals surface area (Å²) in [6.07, 6.45) is 1.37. The molecule has 1 aromatic carbocycles. The third kappa shape index (κ3) is 2.10. The van der Waals surface area contributed by atoms with Gasteiger partial charge in [-0.3, -0.25) is 14.9 Å². The van der Waals surface area contributed by atoms with Crippen LogP contribution >= 0.6 is 11.6 Å². The third-order valence-corrected chi connectivity index (χ3v) is 2.73. The summed E-state index contributed by atoms with van der Waals surface area (Å²) in [6.45, 7) is 1.70. The van der Waals surface area contributed by atoms with Crippen LogP contribution in [0.3, 0.4) is 0 Å². The molecule has 92 valence electrons. The number of aromatic nitrogens is 2. The Bertz CT molecular complexity index is 619. The first kappa shape index (κ1) is 12.3. The molecule has 0 aliphatic rings. The first-order valence-electron chi connectivity index (χ1n) is 5.00. The maximum atomic E-state index is 11.1. The molecular formula is C11H8ClN3O3. The van der Waals surface area contributed by atoms with E-state index >= 15 is 0 Å². The van der Waals surface area contributed by atoms with Crippen LogP contribution in [-0.4, -0.2) is 19.9 Å². The fourth-order valence-corrected chi connectivity index (χ4v) is 1.76. The predicted octanol–water partition coefficient (Wildman–Crippen LogP) is 2.47. The zero-order valence-electron chi connectivity index (χ0n) is 9.33. The lowest BCUT2D eigenvalue weighted by Gasteiger charge is -2.04. The van der Waals surface area contributed by atoms with Crippen LogP contribution in [0.5, 0.6) is 0 Å². The lowest BCUT2D eigenvalue weighted by Crippen LogP contribution is -2.00. The Labute approximate surface area is 107 Å². The maximum Gasteiger partial charge on any atom is 0.269 e. The summed E-state index contributed by atoms with van der Waals surface area (Å²) in [4.78, 5) is 21.1. The molecule has 18 heavy (non-hydrogen) atoms. The summed E-state index contributed by atoms with van der Waals surface area (Å²) in [5.41, 5.74) is 1.53. The third-order valence-electron chi connectivity index (χ3n) is 2.53. The number of halogens is 1. The second-order valence-corrected chi connectivity index (χ2v) is 3.95. The highest BCUT2D eigenvalue weighted by molar-refractivity contribution is 6.67. The van der Waals surface area contributed by atoms with Gasteiger partial charge in [0.15, 0.2) is 0 Å². The molecule has 0 fully saturated rings. The zero-order valence-corrected chi connectivity index (χ0v) is 10.1. The van der Waals surface area contributed by atoms with Crippen molar-refractivity contribution < 1.29 is 9.72 Å². The molecule has 0 atom stereocenters. The van der Waals surface area contributed by atoms with Gasteiger partial charge < -0.3 is 0 Å². The van der Waals surface area contributed by atoms with E-state index in [1.54, 1.807) is 19.1 Å². The second-order valence-electron chi connectivity index (χ2n) is 3.60. The SMILES string of the molecule is Cc1c(C(=O)Cl)cnn1-c1ccc([N+](=O)[O-])cc1. The number of carbonyl (C=O) groups is 1. The zero-order chi connectivity index (χ0) is 13.3. The number of hydrogen-bond acceptors (Lipinski definition) is 4. The van der Waals surface area contributed by atoms with Crippen LogP contribution in [0, 0.1) is 17.0 Å². The highest BCUT2D eigenvalue weighted by Gasteiger charge is 2.13. The van der Waals surface area contributed by atoms with Gasteiger partial charge in [-0.15, -0.1) is 0 Å². The summed E-state index contributed by atoms with van der Waals surface area (Å²) in [7, 11) is 0. The number of benzene rings is 1. The van der Waals surface area contributed by atoms with Gasteiger partial charge in [0.25, 0.3) is 10.9 Å². The molecule has 1 aromatic heterocycles. The van der Waals surface area contributed by atoms with Gasteiger partial charge in [0.05, 0.1) is 28.1 Å². The second kappa shape index (κ2) is 4.58. The number of nitrogens with zero attached hydrogens (tertiary/aromatic N) is 3. The van der Waals surface area contributed by atoms with Gasteiger partial charge >= 0.3 is 0 Å². The molecule has 0 spiro atoms. The van der Waals surface area contributed by atoms with E-state index in [4.69, 9.17) is 11.6 Å². The molecular weight excluding hydrogens is 258 g/mol. The molecule has 6 nitrogen and oxygen atoms in total. The van der Waals surface area contributed by atoms with Gasteiger partial charge in [-0.2, -0.15) is 5.10 Å². The van der Waals surface area contributed by atoms with Gasteiger partial charge in [-0.05, 0) is 30.7 Å². The topological polar surface area (TPSA) is 78.0 Å². The van der Waals surface area contributed by atoms with E-state index in [-0.39, 0.29) is 5.69 Å². The first-order valence-corrected chi connectivity index (χ1v) is 5.38. The number of carbonyl (C=O) groups excluding carboxylic acids is 1. The van der Waals surface area contributed by atoms with Crippen LogP contribution < -0.4 is 0 Å². The molecule has 0 saturated heterocycles. The summed E-state index contributed by atoms with van der Waals surface area (Å²) in [5.74, 6) is 0. The molecule has 0 radical (unpaired) electrons. The van der Waals surface area contributed by atoms with Crippen molar-refractivity contribution in [2.75, 3.05) is 0 Å². The highest BCUT2D eigenvalue weighted by atomic mass is 35.5. The molecule has 0 unspecified atom stereocenters. The summed E-state index contributed by atoms with van der Waals surface area (Å²) >= 11 is 5.39. The number of hydrogen-bond donors (Lipinski definition) is 0. The normalized spacial score (nSPS) is 10.3. The molecule has 0 saturated carbocycles. The first-order chi connectivity index (χ1) is 8.50. The van der Waals surface area contributed by atoms with E-state index in [1.165, 1.54) is 23.0 Å². The lowest BCUT2D eigenvalue weighted by atomic mass is 10.2. The van der Waals surface area contributed by atoms with Crippen LogP contribution in [0.25, 0.3) is 5.69 Å². The molecule has 0 bridgehead atoms. The van der Waals surface area contributed by atoms with Crippen molar-refractivity contribution in [3.8, 4) is 5.69 Å². The molecule has 7 heteroatoms. The van der Waals surface area contributed by atoms with Crippen LogP contribution in [0.4, 0.5) is 5.69 Å². The standard InChI is InChI=1S/C11H8ClN3O3/c1-7-10(11(12)16)6-13-14(7)8-2-4-9(5-3-8)15(17)18/h2-6H,1H3. The van der Waals surface area contributed by atoms with E-state index in [2.05, 4.69) is 5.10 Å². The van der Waals surface area contributed by atoms with Crippen LogP contribution in [-0.2, 0) is 0 Å². The Kier molecular flexibility index (Phi) is 3.12. The highest BCUT2D eigenvalue weighted by Crippen LogP contribution is 2.18. The average Bonchev–Trinajstić information content (AvgIpc) is 2.71. The quantitative estimate of drug-likeness (QED) is 0.485. The number of rotatable bonds is 3. The van der Waals surface area contributed by atoms with Crippen LogP contribution in [0.2, 0.25) is 0 Å². The number of nitro groups is 1. The minimum absolute atomic E-state index is 0.00259. The van der Waals surface area contributed by atoms with Gasteiger partial charge in [-0.1, -0.05) is 0 Å². The molecule has 0 amide bonds. The summed E-state index contributed by atoms with van der Waals surface area (Å²) in [6, 6.07) is 5.86. The Hall–Kier alpha value is -2.21. The predicted molar refractivity (Wildman–Crippen MR) is 65.1 cm³/mol. The van der Waals surface area contributed by atoms with E-state index < -0.39 is 10.2 Å². The summed E-state index contributed by atoms with van der Waals surface area (Å²) in [5, 5.41) is 14.0. The molecule has 0 aliphatic heterocycles. The van der Waals surface area contributed by atoms with Crippen molar-refractivity contribution in [1.29, 1.82) is 0 Å². The maximum absolute atomic E-state index is 11.1. The van der Waals surface area contributed by atoms with E-state index in [0.29, 0.717) is 16.9 Å². The minimum atomic E-state index is -0.583. The van der Waals surface area contributed by atoms with E-state index in [9.17, 15) is 14.9 Å². The van der Waals surface area contributed by atoms with Gasteiger partial charge in [0.2, 0.25) is 0 Å². The van der Waals surface area contributed by atoms with Crippen molar-refractivity contribution in [2.45, 2.75) is 6.92 Å². The molecule has 1 heterocycles. The van der Waals surface area contributed by atoms with Gasteiger partial charge in [-0.25, -0.2) is 4.68 Å². The van der Waals surface area contributed by atoms with Crippen molar-refractivity contribution >= 4 is 22.5 Å². The van der Waals surface area contributed by atoms with E-state index in [1.807, 2.05) is 0 Å². The van der Waals surface area contributed by atoms with Crippen LogP contribution in [0.15, 0.2) is 30.5 Å². The van der Waals surface area contributed by atoms with Crippen molar-refractivity contribution in [1.82, 2.24) is 9.78 Å². The Morgan fingerprint density at radius 2 is 2.00 bits per heavy atom. The Morgan fingerprint density at radius 1 is 1.39 bits per heavy atom. The Balaban J connectivity index is 2.43. The van der Waals surface area contributed by atoms with Crippen molar-refractivity contribution in [3.05, 3.63) is 51.8 Å². The van der Waals surface area contributed by atoms with Crippen molar-refractivity contribution in [3.63, 3.8) is 0 Å². The monoisotopic (exact) mass is 265 g/mol. The van der Waals surface area contributed by atoms with Crippen molar-refractivity contribution in [2.24, 2.45) is 0 Å². The summed E-state index contributed by atoms with van der Waals surface area (Å²) < 4.78 is 1.50. The largest absolute Gasteiger partial charge is 0.275 e. The number of non-ortho nitro benzene ring substituents is 1. The Morgan fingerprint density at radius 3 is 2.44 bits per heavy atom. The lowest BCUT2D eigenvalue weighted by molar-refractivity contribution is -0.384. The fourth-order valence-electron chi connectivity index (χ4n) is 1.58. The average molecular weight is 266 g/mol. The fraction of sp³-hybridized carbons (Fsp3) is 0.0909. The van der Waals surface area contributed by atoms with E-state index in [0.717, 1.165) is 0 Å². The van der Waals surface area contributed by atoms with Crippen LogP contribution in [0.1, 0.15) is 16.1 Å².